The molecule has 3 nitrogen and oxygen atoms in total. The minimum atomic E-state index is -1.33. The highest BCUT2D eigenvalue weighted by molar-refractivity contribution is 5.14. The van der Waals surface area contributed by atoms with E-state index in [-0.39, 0.29) is 12.5 Å². The molecule has 1 aliphatic carbocycles. The summed E-state index contributed by atoms with van der Waals surface area (Å²) in [5, 5.41) is 9.76. The lowest BCUT2D eigenvalue weighted by Crippen LogP contribution is -2.33. The van der Waals surface area contributed by atoms with Gasteiger partial charge in [-0.2, -0.15) is 0 Å². The van der Waals surface area contributed by atoms with Crippen LogP contribution in [-0.4, -0.2) is 42.8 Å². The third-order valence-electron chi connectivity index (χ3n) is 3.27. The van der Waals surface area contributed by atoms with Crippen LogP contribution in [0.5, 0.6) is 0 Å². The van der Waals surface area contributed by atoms with E-state index in [0.717, 1.165) is 6.42 Å². The lowest BCUT2D eigenvalue weighted by atomic mass is 9.91. The van der Waals surface area contributed by atoms with E-state index in [2.05, 4.69) is 0 Å². The summed E-state index contributed by atoms with van der Waals surface area (Å²) >= 11 is 0. The Morgan fingerprint density at radius 3 is 2.94 bits per heavy atom. The quantitative estimate of drug-likeness (QED) is 0.814. The zero-order valence-corrected chi connectivity index (χ0v) is 9.96. The number of rotatable bonds is 4. The molecule has 5 atom stereocenters. The van der Waals surface area contributed by atoms with Crippen LogP contribution in [0.4, 0.5) is 4.39 Å². The van der Waals surface area contributed by atoms with Gasteiger partial charge in [-0.15, -0.1) is 0 Å². The number of allylic oxidation sites excluding steroid dienone is 3. The van der Waals surface area contributed by atoms with Crippen molar-refractivity contribution in [1.82, 2.24) is 0 Å². The molecule has 17 heavy (non-hydrogen) atoms. The van der Waals surface area contributed by atoms with Crippen LogP contribution < -0.4 is 0 Å². The Morgan fingerprint density at radius 1 is 1.47 bits per heavy atom. The minimum absolute atomic E-state index is 0.0104. The van der Waals surface area contributed by atoms with Gasteiger partial charge < -0.3 is 14.6 Å². The van der Waals surface area contributed by atoms with E-state index in [1.165, 1.54) is 0 Å². The van der Waals surface area contributed by atoms with Crippen LogP contribution in [0.15, 0.2) is 24.3 Å². The molecule has 0 aromatic rings. The second kappa shape index (κ2) is 5.76. The molecule has 4 heteroatoms. The lowest BCUT2D eigenvalue weighted by molar-refractivity contribution is -0.0505. The summed E-state index contributed by atoms with van der Waals surface area (Å²) in [5.74, 6) is 0.0104. The number of hydrogen-bond donors (Lipinski definition) is 1. The molecule has 2 aliphatic rings. The van der Waals surface area contributed by atoms with Gasteiger partial charge in [-0.25, -0.2) is 4.39 Å². The van der Waals surface area contributed by atoms with Crippen molar-refractivity contribution in [2.45, 2.75) is 37.8 Å². The number of alkyl halides is 1. The zero-order valence-electron chi connectivity index (χ0n) is 9.96. The SMILES string of the molecule is CCOC[C@H]1O[C@@H](C2C=CC=CC2)[C@H](F)[C@@H]1O. The normalized spacial score (nSPS) is 41.0. The maximum atomic E-state index is 14.0. The molecule has 1 heterocycles. The Hall–Kier alpha value is -0.710. The Kier molecular flexibility index (Phi) is 4.31. The van der Waals surface area contributed by atoms with Crippen molar-refractivity contribution in [1.29, 1.82) is 0 Å². The Morgan fingerprint density at radius 2 is 2.29 bits per heavy atom. The average Bonchev–Trinajstić information content (AvgIpc) is 2.65. The second-order valence-corrected chi connectivity index (χ2v) is 4.45. The fourth-order valence-electron chi connectivity index (χ4n) is 2.31. The summed E-state index contributed by atoms with van der Waals surface area (Å²) in [4.78, 5) is 0. The second-order valence-electron chi connectivity index (χ2n) is 4.45. The van der Waals surface area contributed by atoms with Gasteiger partial charge in [0.2, 0.25) is 0 Å². The summed E-state index contributed by atoms with van der Waals surface area (Å²) in [7, 11) is 0. The van der Waals surface area contributed by atoms with Gasteiger partial charge >= 0.3 is 0 Å². The lowest BCUT2D eigenvalue weighted by Gasteiger charge is -2.22. The first-order chi connectivity index (χ1) is 8.24. The van der Waals surface area contributed by atoms with Crippen LogP contribution in [0.3, 0.4) is 0 Å². The molecule has 1 N–H and O–H groups in total. The smallest absolute Gasteiger partial charge is 0.155 e. The number of aliphatic hydroxyl groups is 1. The van der Waals surface area contributed by atoms with Crippen molar-refractivity contribution < 1.29 is 19.0 Å². The summed E-state index contributed by atoms with van der Waals surface area (Å²) in [6.45, 7) is 2.65. The van der Waals surface area contributed by atoms with Crippen LogP contribution in [0.1, 0.15) is 13.3 Å². The molecule has 1 saturated heterocycles. The molecule has 0 aromatic carbocycles. The van der Waals surface area contributed by atoms with Gasteiger partial charge in [0.1, 0.15) is 12.2 Å². The third kappa shape index (κ3) is 2.76. The molecule has 0 spiro atoms. The van der Waals surface area contributed by atoms with E-state index in [0.29, 0.717) is 6.61 Å². The first kappa shape index (κ1) is 12.7. The third-order valence-corrected chi connectivity index (χ3v) is 3.27. The molecular weight excluding hydrogens is 223 g/mol. The van der Waals surface area contributed by atoms with Gasteiger partial charge in [-0.1, -0.05) is 24.3 Å². The summed E-state index contributed by atoms with van der Waals surface area (Å²) in [5.41, 5.74) is 0. The van der Waals surface area contributed by atoms with E-state index in [1.807, 2.05) is 31.2 Å². The van der Waals surface area contributed by atoms with Gasteiger partial charge in [0.25, 0.3) is 0 Å². The Bertz CT molecular complexity index is 303. The molecular formula is C13H19FO3. The first-order valence-electron chi connectivity index (χ1n) is 6.12. The van der Waals surface area contributed by atoms with Crippen molar-refractivity contribution in [2.24, 2.45) is 5.92 Å². The standard InChI is InChI=1S/C13H19FO3/c1-2-16-8-10-12(15)11(14)13(17-10)9-6-4-3-5-7-9/h3-6,9-13,15H,2,7-8H2,1H3/t9?,10-,11-,12-,13+/m1/s1. The maximum Gasteiger partial charge on any atom is 0.155 e. The molecule has 0 bridgehead atoms. The summed E-state index contributed by atoms with van der Waals surface area (Å²) in [6.07, 6.45) is 5.00. The van der Waals surface area contributed by atoms with Crippen LogP contribution in [0.25, 0.3) is 0 Å². The van der Waals surface area contributed by atoms with E-state index in [1.54, 1.807) is 0 Å². The molecule has 0 saturated carbocycles. The predicted octanol–water partition coefficient (Wildman–Crippen LogP) is 1.62. The molecule has 1 fully saturated rings. The maximum absolute atomic E-state index is 14.0. The molecule has 0 radical (unpaired) electrons. The summed E-state index contributed by atoms with van der Waals surface area (Å²) in [6, 6.07) is 0. The van der Waals surface area contributed by atoms with E-state index < -0.39 is 24.5 Å². The fourth-order valence-corrected chi connectivity index (χ4v) is 2.31. The largest absolute Gasteiger partial charge is 0.387 e. The van der Waals surface area contributed by atoms with E-state index >= 15 is 0 Å². The highest BCUT2D eigenvalue weighted by Crippen LogP contribution is 2.32. The number of ether oxygens (including phenoxy) is 2. The van der Waals surface area contributed by atoms with Crippen molar-refractivity contribution in [3.05, 3.63) is 24.3 Å². The number of halogens is 1. The molecule has 0 amide bonds. The average molecular weight is 242 g/mol. The van der Waals surface area contributed by atoms with Crippen LogP contribution >= 0.6 is 0 Å². The van der Waals surface area contributed by atoms with Crippen LogP contribution in [-0.2, 0) is 9.47 Å². The minimum Gasteiger partial charge on any atom is -0.387 e. The first-order valence-corrected chi connectivity index (χ1v) is 6.12. The molecule has 96 valence electrons. The van der Waals surface area contributed by atoms with Crippen molar-refractivity contribution in [3.8, 4) is 0 Å². The topological polar surface area (TPSA) is 38.7 Å². The van der Waals surface area contributed by atoms with E-state index in [9.17, 15) is 9.50 Å². The van der Waals surface area contributed by atoms with E-state index in [4.69, 9.17) is 9.47 Å². The monoisotopic (exact) mass is 242 g/mol. The van der Waals surface area contributed by atoms with Crippen LogP contribution in [0, 0.1) is 5.92 Å². The van der Waals surface area contributed by atoms with Crippen LogP contribution in [0.2, 0.25) is 0 Å². The van der Waals surface area contributed by atoms with Gasteiger partial charge in [0, 0.05) is 12.5 Å². The highest BCUT2D eigenvalue weighted by atomic mass is 19.1. The molecule has 2 rings (SSSR count). The van der Waals surface area contributed by atoms with Gasteiger partial charge in [-0.3, -0.25) is 0 Å². The molecule has 0 aromatic heterocycles. The van der Waals surface area contributed by atoms with Gasteiger partial charge in [0.15, 0.2) is 6.17 Å². The zero-order chi connectivity index (χ0) is 12.3. The Balaban J connectivity index is 1.95. The van der Waals surface area contributed by atoms with Crippen molar-refractivity contribution >= 4 is 0 Å². The number of hydrogen-bond acceptors (Lipinski definition) is 3. The summed E-state index contributed by atoms with van der Waals surface area (Å²) < 4.78 is 24.7. The number of aliphatic hydroxyl groups excluding tert-OH is 1. The molecule has 1 aliphatic heterocycles. The van der Waals surface area contributed by atoms with Gasteiger partial charge in [-0.05, 0) is 13.3 Å². The molecule has 1 unspecified atom stereocenters. The van der Waals surface area contributed by atoms with Crippen molar-refractivity contribution in [3.63, 3.8) is 0 Å². The predicted molar refractivity (Wildman–Crippen MR) is 62.4 cm³/mol. The van der Waals surface area contributed by atoms with Gasteiger partial charge in [0.05, 0.1) is 12.7 Å². The fraction of sp³-hybridized carbons (Fsp3) is 0.692. The highest BCUT2D eigenvalue weighted by Gasteiger charge is 2.46. The Labute approximate surface area is 101 Å². The van der Waals surface area contributed by atoms with Crippen molar-refractivity contribution in [2.75, 3.05) is 13.2 Å².